The molecule has 3 aromatic rings. The van der Waals surface area contributed by atoms with Gasteiger partial charge in [-0.2, -0.15) is 0 Å². The number of hydrogen-bond donors (Lipinski definition) is 2. The average molecular weight is 320 g/mol. The molecule has 0 saturated carbocycles. The van der Waals surface area contributed by atoms with E-state index in [1.54, 1.807) is 23.8 Å². The van der Waals surface area contributed by atoms with E-state index in [0.29, 0.717) is 27.6 Å². The van der Waals surface area contributed by atoms with Gasteiger partial charge in [-0.1, -0.05) is 0 Å². The maximum absolute atomic E-state index is 11.2. The number of hydrogen-bond acceptors (Lipinski definition) is 7. The number of aromatic carboxylic acids is 1. The molecule has 3 heterocycles. The van der Waals surface area contributed by atoms with Gasteiger partial charge in [0.15, 0.2) is 0 Å². The fourth-order valence-electron chi connectivity index (χ4n) is 2.07. The maximum Gasteiger partial charge on any atom is 0.346 e. The highest BCUT2D eigenvalue weighted by molar-refractivity contribution is 7.20. The van der Waals surface area contributed by atoms with Gasteiger partial charge in [-0.05, 0) is 19.4 Å². The molecule has 0 aliphatic carbocycles. The van der Waals surface area contributed by atoms with Gasteiger partial charge in [0, 0.05) is 4.88 Å². The second kappa shape index (κ2) is 5.38. The van der Waals surface area contributed by atoms with E-state index in [4.69, 9.17) is 0 Å². The number of aryl methyl sites for hydroxylation is 2. The SMILES string of the molecule is Cc1ncsc1CNc1ncnc2sc(C(=O)O)c(C)c12. The van der Waals surface area contributed by atoms with Crippen LogP contribution in [-0.2, 0) is 6.54 Å². The Kier molecular flexibility index (Phi) is 3.56. The second-order valence-corrected chi connectivity index (χ2v) is 6.42. The molecule has 0 unspecified atom stereocenters. The molecule has 0 fully saturated rings. The molecule has 2 N–H and O–H groups in total. The van der Waals surface area contributed by atoms with Crippen LogP contribution < -0.4 is 5.32 Å². The minimum absolute atomic E-state index is 0.308. The molecule has 0 aromatic carbocycles. The number of anilines is 1. The Balaban J connectivity index is 1.99. The van der Waals surface area contributed by atoms with Crippen molar-refractivity contribution in [3.05, 3.63) is 32.8 Å². The van der Waals surface area contributed by atoms with Crippen molar-refractivity contribution in [2.24, 2.45) is 0 Å². The molecule has 0 amide bonds. The Hall–Kier alpha value is -2.06. The Labute approximate surface area is 128 Å². The van der Waals surface area contributed by atoms with E-state index >= 15 is 0 Å². The lowest BCUT2D eigenvalue weighted by molar-refractivity contribution is 0.0701. The summed E-state index contributed by atoms with van der Waals surface area (Å²) in [7, 11) is 0. The van der Waals surface area contributed by atoms with Gasteiger partial charge in [0.2, 0.25) is 0 Å². The minimum Gasteiger partial charge on any atom is -0.477 e. The van der Waals surface area contributed by atoms with Gasteiger partial charge in [-0.15, -0.1) is 22.7 Å². The van der Waals surface area contributed by atoms with Gasteiger partial charge < -0.3 is 10.4 Å². The van der Waals surface area contributed by atoms with Crippen LogP contribution in [-0.4, -0.2) is 26.0 Å². The summed E-state index contributed by atoms with van der Waals surface area (Å²) in [5.41, 5.74) is 3.50. The molecule has 21 heavy (non-hydrogen) atoms. The molecule has 0 aliphatic heterocycles. The first kappa shape index (κ1) is 13.9. The highest BCUT2D eigenvalue weighted by atomic mass is 32.1. The zero-order chi connectivity index (χ0) is 15.0. The summed E-state index contributed by atoms with van der Waals surface area (Å²) in [6.07, 6.45) is 1.45. The van der Waals surface area contributed by atoms with Crippen LogP contribution >= 0.6 is 22.7 Å². The molecule has 8 heteroatoms. The molecule has 0 spiro atoms. The number of thiophene rings is 1. The van der Waals surface area contributed by atoms with Crippen molar-refractivity contribution >= 4 is 44.7 Å². The van der Waals surface area contributed by atoms with E-state index < -0.39 is 5.97 Å². The molecule has 108 valence electrons. The quantitative estimate of drug-likeness (QED) is 0.768. The van der Waals surface area contributed by atoms with Crippen molar-refractivity contribution in [2.75, 3.05) is 5.32 Å². The third-order valence-electron chi connectivity index (χ3n) is 3.18. The fourth-order valence-corrected chi connectivity index (χ4v) is 3.77. The Bertz CT molecular complexity index is 825. The number of nitrogens with one attached hydrogen (secondary N) is 1. The van der Waals surface area contributed by atoms with Gasteiger partial charge in [-0.3, -0.25) is 0 Å². The Morgan fingerprint density at radius 1 is 1.33 bits per heavy atom. The summed E-state index contributed by atoms with van der Waals surface area (Å²) in [6, 6.07) is 0. The monoisotopic (exact) mass is 320 g/mol. The highest BCUT2D eigenvalue weighted by Crippen LogP contribution is 2.33. The molecular formula is C13H12N4O2S2. The second-order valence-electron chi connectivity index (χ2n) is 4.48. The van der Waals surface area contributed by atoms with E-state index in [1.165, 1.54) is 17.7 Å². The van der Waals surface area contributed by atoms with Gasteiger partial charge in [0.1, 0.15) is 21.9 Å². The molecule has 0 radical (unpaired) electrons. The van der Waals surface area contributed by atoms with Gasteiger partial charge in [0.25, 0.3) is 0 Å². The summed E-state index contributed by atoms with van der Waals surface area (Å²) in [6.45, 7) is 4.36. The van der Waals surface area contributed by atoms with Crippen molar-refractivity contribution in [3.8, 4) is 0 Å². The fraction of sp³-hybridized carbons (Fsp3) is 0.231. The van der Waals surface area contributed by atoms with Crippen LogP contribution in [0.25, 0.3) is 10.2 Å². The Morgan fingerprint density at radius 3 is 2.81 bits per heavy atom. The zero-order valence-electron chi connectivity index (χ0n) is 11.4. The number of carboxylic acids is 1. The lowest BCUT2D eigenvalue weighted by atomic mass is 10.2. The van der Waals surface area contributed by atoms with Gasteiger partial charge in [0.05, 0.1) is 23.1 Å². The molecule has 0 bridgehead atoms. The molecule has 3 rings (SSSR count). The minimum atomic E-state index is -0.931. The van der Waals surface area contributed by atoms with Crippen molar-refractivity contribution in [1.82, 2.24) is 15.0 Å². The number of nitrogens with zero attached hydrogens (tertiary/aromatic N) is 3. The number of carbonyl (C=O) groups is 1. The lowest BCUT2D eigenvalue weighted by Gasteiger charge is -2.06. The predicted molar refractivity (Wildman–Crippen MR) is 83.3 cm³/mol. The molecule has 0 atom stereocenters. The standard InChI is InChI=1S/C13H12N4O2S2/c1-6-9-11(14-3-8-7(2)17-5-20-8)15-4-16-12(9)21-10(6)13(18)19/h4-5H,3H2,1-2H3,(H,18,19)(H,14,15,16). The topological polar surface area (TPSA) is 88.0 Å². The van der Waals surface area contributed by atoms with Crippen molar-refractivity contribution < 1.29 is 9.90 Å². The first-order valence-corrected chi connectivity index (χ1v) is 7.87. The van der Waals surface area contributed by atoms with Crippen LogP contribution in [0.1, 0.15) is 25.8 Å². The molecule has 3 aromatic heterocycles. The smallest absolute Gasteiger partial charge is 0.346 e. The molecule has 0 aliphatic rings. The van der Waals surface area contributed by atoms with Crippen LogP contribution in [0.5, 0.6) is 0 Å². The normalized spacial score (nSPS) is 11.0. The summed E-state index contributed by atoms with van der Waals surface area (Å²) in [5, 5.41) is 13.2. The highest BCUT2D eigenvalue weighted by Gasteiger charge is 2.18. The average Bonchev–Trinajstić information content (AvgIpc) is 3.01. The lowest BCUT2D eigenvalue weighted by Crippen LogP contribution is -2.02. The third-order valence-corrected chi connectivity index (χ3v) is 5.31. The van der Waals surface area contributed by atoms with Crippen LogP contribution in [0, 0.1) is 13.8 Å². The van der Waals surface area contributed by atoms with Crippen molar-refractivity contribution in [3.63, 3.8) is 0 Å². The zero-order valence-corrected chi connectivity index (χ0v) is 13.0. The molecule has 6 nitrogen and oxygen atoms in total. The van der Waals surface area contributed by atoms with E-state index in [1.807, 2.05) is 6.92 Å². The molecule has 0 saturated heterocycles. The number of fused-ring (bicyclic) bond motifs is 1. The van der Waals surface area contributed by atoms with Crippen molar-refractivity contribution in [2.45, 2.75) is 20.4 Å². The van der Waals surface area contributed by atoms with Gasteiger partial charge in [-0.25, -0.2) is 19.7 Å². The summed E-state index contributed by atoms with van der Waals surface area (Å²) < 4.78 is 0. The number of thiazole rings is 1. The summed E-state index contributed by atoms with van der Waals surface area (Å²) in [5.74, 6) is -0.270. The first-order chi connectivity index (χ1) is 10.1. The maximum atomic E-state index is 11.2. The van der Waals surface area contributed by atoms with Crippen LogP contribution in [0.4, 0.5) is 5.82 Å². The van der Waals surface area contributed by atoms with Crippen molar-refractivity contribution in [1.29, 1.82) is 0 Å². The van der Waals surface area contributed by atoms with E-state index in [9.17, 15) is 9.90 Å². The predicted octanol–water partition coefficient (Wildman–Crippen LogP) is 3.07. The number of aromatic nitrogens is 3. The largest absolute Gasteiger partial charge is 0.477 e. The number of rotatable bonds is 4. The van der Waals surface area contributed by atoms with Crippen LogP contribution in [0.3, 0.4) is 0 Å². The van der Waals surface area contributed by atoms with E-state index in [0.717, 1.165) is 16.0 Å². The summed E-state index contributed by atoms with van der Waals surface area (Å²) in [4.78, 5) is 26.0. The third kappa shape index (κ3) is 2.47. The van der Waals surface area contributed by atoms with E-state index in [-0.39, 0.29) is 0 Å². The first-order valence-electron chi connectivity index (χ1n) is 6.18. The van der Waals surface area contributed by atoms with Crippen LogP contribution in [0.2, 0.25) is 0 Å². The molecular weight excluding hydrogens is 308 g/mol. The van der Waals surface area contributed by atoms with E-state index in [2.05, 4.69) is 20.3 Å². The van der Waals surface area contributed by atoms with Crippen LogP contribution in [0.15, 0.2) is 11.8 Å². The summed E-state index contributed by atoms with van der Waals surface area (Å²) >= 11 is 2.75. The number of carboxylic acid groups (broad SMARTS) is 1. The van der Waals surface area contributed by atoms with Gasteiger partial charge >= 0.3 is 5.97 Å². The Morgan fingerprint density at radius 2 is 2.14 bits per heavy atom.